The first-order chi connectivity index (χ1) is 24.0. The van der Waals surface area contributed by atoms with Gasteiger partial charge in [0.25, 0.3) is 5.91 Å². The predicted octanol–water partition coefficient (Wildman–Crippen LogP) is 3.13. The number of benzene rings is 1. The number of carboxylic acid groups (broad SMARTS) is 3. The number of amides is 1. The van der Waals surface area contributed by atoms with Crippen molar-refractivity contribution in [2.75, 3.05) is 32.7 Å². The molecule has 3 heterocycles. The second kappa shape index (κ2) is 18.6. The highest BCUT2D eigenvalue weighted by atomic mass is 16.4. The third-order valence-electron chi connectivity index (χ3n) is 8.62. The Labute approximate surface area is 296 Å². The molecule has 1 unspecified atom stereocenters. The van der Waals surface area contributed by atoms with Gasteiger partial charge in [0.05, 0.1) is 36.5 Å². The fourth-order valence-electron chi connectivity index (χ4n) is 5.78. The molecule has 4 rings (SSSR count). The fourth-order valence-corrected chi connectivity index (χ4v) is 5.78. The highest BCUT2D eigenvalue weighted by Crippen LogP contribution is 2.27. The molecule has 1 amide bonds. The van der Waals surface area contributed by atoms with Gasteiger partial charge in [0, 0.05) is 43.0 Å². The van der Waals surface area contributed by atoms with Crippen LogP contribution < -0.4 is 5.56 Å². The number of aliphatic carboxylic acids is 3. The minimum absolute atomic E-state index is 0.0316. The average Bonchev–Trinajstić information content (AvgIpc) is 3.68. The smallest absolute Gasteiger partial charge is 0.336 e. The summed E-state index contributed by atoms with van der Waals surface area (Å²) < 4.78 is 1.99. The van der Waals surface area contributed by atoms with Gasteiger partial charge in [-0.15, -0.1) is 0 Å². The van der Waals surface area contributed by atoms with Crippen molar-refractivity contribution in [3.8, 4) is 11.4 Å². The zero-order valence-corrected chi connectivity index (χ0v) is 29.7. The van der Waals surface area contributed by atoms with Crippen LogP contribution in [0, 0.1) is 11.8 Å². The maximum absolute atomic E-state index is 13.7. The number of likely N-dealkylation sites (tertiary alicyclic amines) is 1. The topological polar surface area (TPSA) is 227 Å². The normalized spacial score (nSPS) is 14.0. The quantitative estimate of drug-likeness (QED) is 0.119. The lowest BCUT2D eigenvalue weighted by molar-refractivity contribution is -0.170. The van der Waals surface area contributed by atoms with Crippen LogP contribution in [-0.2, 0) is 20.9 Å². The summed E-state index contributed by atoms with van der Waals surface area (Å²) in [6.45, 7) is 13.2. The van der Waals surface area contributed by atoms with Gasteiger partial charge in [-0.05, 0) is 74.9 Å². The second-order valence-electron chi connectivity index (χ2n) is 14.0. The summed E-state index contributed by atoms with van der Waals surface area (Å²) in [6.07, 6.45) is 3.03. The highest BCUT2D eigenvalue weighted by Gasteiger charge is 2.40. The van der Waals surface area contributed by atoms with E-state index in [0.29, 0.717) is 36.3 Å². The van der Waals surface area contributed by atoms with E-state index in [1.54, 1.807) is 12.3 Å². The Balaban J connectivity index is 0.000000460. The Morgan fingerprint density at radius 1 is 0.902 bits per heavy atom. The number of nitrogens with zero attached hydrogens (tertiary/aromatic N) is 4. The summed E-state index contributed by atoms with van der Waals surface area (Å²) in [5, 5.41) is 44.9. The molecule has 0 aliphatic carbocycles. The van der Waals surface area contributed by atoms with Crippen molar-refractivity contribution >= 4 is 34.8 Å². The van der Waals surface area contributed by atoms with Crippen LogP contribution >= 0.6 is 0 Å². The third kappa shape index (κ3) is 12.3. The number of hydrogen-bond acceptors (Lipinski definition) is 9. The number of aromatic amines is 1. The maximum atomic E-state index is 13.7. The number of rotatable bonds is 17. The molecule has 0 saturated carbocycles. The number of aliphatic hydroxyl groups is 2. The van der Waals surface area contributed by atoms with E-state index >= 15 is 0 Å². The molecule has 1 fully saturated rings. The van der Waals surface area contributed by atoms with E-state index in [2.05, 4.69) is 37.6 Å². The van der Waals surface area contributed by atoms with Gasteiger partial charge >= 0.3 is 17.9 Å². The van der Waals surface area contributed by atoms with Gasteiger partial charge in [-0.2, -0.15) is 0 Å². The molecule has 15 heteroatoms. The second-order valence-corrected chi connectivity index (χ2v) is 14.0. The summed E-state index contributed by atoms with van der Waals surface area (Å²) >= 11 is 0. The van der Waals surface area contributed by atoms with Gasteiger partial charge in [-0.25, -0.2) is 9.78 Å². The van der Waals surface area contributed by atoms with E-state index in [4.69, 9.17) is 25.4 Å². The van der Waals surface area contributed by atoms with E-state index in [1.165, 1.54) is 18.9 Å². The Bertz CT molecular complexity index is 1660. The first-order valence-corrected chi connectivity index (χ1v) is 17.3. The monoisotopic (exact) mass is 713 g/mol. The summed E-state index contributed by atoms with van der Waals surface area (Å²) in [6, 6.07) is 8.90. The molecule has 1 atom stereocenters. The van der Waals surface area contributed by atoms with Gasteiger partial charge in [0.1, 0.15) is 5.82 Å². The molecule has 0 radical (unpaired) electrons. The molecular weight excluding hydrogens is 662 g/mol. The number of nitrogens with one attached hydrogen (secondary N) is 1. The third-order valence-corrected chi connectivity index (χ3v) is 8.62. The number of hydrogen-bond donors (Lipinski definition) is 6. The van der Waals surface area contributed by atoms with Crippen molar-refractivity contribution in [1.29, 1.82) is 0 Å². The van der Waals surface area contributed by atoms with Crippen LogP contribution in [0.15, 0.2) is 41.3 Å². The van der Waals surface area contributed by atoms with Crippen molar-refractivity contribution in [3.63, 3.8) is 0 Å². The van der Waals surface area contributed by atoms with Crippen molar-refractivity contribution in [2.24, 2.45) is 11.8 Å². The molecule has 0 spiro atoms. The minimum Gasteiger partial charge on any atom is -0.481 e. The summed E-state index contributed by atoms with van der Waals surface area (Å²) in [5.41, 5.74) is 0.0433. The number of carbonyl (C=O) groups is 4. The molecule has 280 valence electrons. The fraction of sp³-hybridized carbons (Fsp3) is 0.556. The maximum Gasteiger partial charge on any atom is 0.336 e. The molecule has 1 aliphatic heterocycles. The predicted molar refractivity (Wildman–Crippen MR) is 189 cm³/mol. The van der Waals surface area contributed by atoms with Crippen LogP contribution in [0.4, 0.5) is 0 Å². The van der Waals surface area contributed by atoms with E-state index in [1.807, 2.05) is 27.7 Å². The van der Waals surface area contributed by atoms with Crippen molar-refractivity contribution < 1.29 is 44.7 Å². The number of aromatic nitrogens is 3. The summed E-state index contributed by atoms with van der Waals surface area (Å²) in [5.74, 6) is -3.29. The molecular formula is C36H51N5O10. The van der Waals surface area contributed by atoms with E-state index in [-0.39, 0.29) is 11.5 Å². The minimum atomic E-state index is -2.74. The number of imidazole rings is 1. The van der Waals surface area contributed by atoms with Crippen LogP contribution in [-0.4, -0.2) is 118 Å². The molecule has 1 aromatic carbocycles. The lowest BCUT2D eigenvalue weighted by Crippen LogP contribution is -2.42. The van der Waals surface area contributed by atoms with Crippen LogP contribution in [0.25, 0.3) is 22.4 Å². The van der Waals surface area contributed by atoms with Crippen LogP contribution in [0.5, 0.6) is 0 Å². The molecule has 0 bridgehead atoms. The van der Waals surface area contributed by atoms with Crippen molar-refractivity contribution in [2.45, 2.75) is 84.5 Å². The number of pyridine rings is 1. The van der Waals surface area contributed by atoms with E-state index in [0.717, 1.165) is 55.6 Å². The number of H-pyrrole nitrogens is 1. The van der Waals surface area contributed by atoms with Gasteiger partial charge in [-0.1, -0.05) is 27.7 Å². The molecule has 1 saturated heterocycles. The van der Waals surface area contributed by atoms with Crippen molar-refractivity contribution in [3.05, 3.63) is 52.4 Å². The Morgan fingerprint density at radius 2 is 1.49 bits per heavy atom. The summed E-state index contributed by atoms with van der Waals surface area (Å²) in [7, 11) is 0. The largest absolute Gasteiger partial charge is 0.481 e. The number of carboxylic acids is 3. The van der Waals surface area contributed by atoms with Crippen LogP contribution in [0.2, 0.25) is 0 Å². The first kappa shape index (κ1) is 40.8. The molecule has 51 heavy (non-hydrogen) atoms. The molecule has 1 aliphatic rings. The Morgan fingerprint density at radius 3 is 1.98 bits per heavy atom. The number of aliphatic hydroxyl groups excluding tert-OH is 1. The van der Waals surface area contributed by atoms with Crippen LogP contribution in [0.3, 0.4) is 0 Å². The Hall–Kier alpha value is -4.60. The zero-order valence-electron chi connectivity index (χ0n) is 29.7. The van der Waals surface area contributed by atoms with E-state index < -0.39 is 42.5 Å². The average molecular weight is 714 g/mol. The van der Waals surface area contributed by atoms with Gasteiger partial charge < -0.3 is 44.9 Å². The number of carbonyl (C=O) groups excluding carboxylic acids is 1. The van der Waals surface area contributed by atoms with Crippen LogP contribution in [0.1, 0.15) is 76.6 Å². The first-order valence-electron chi connectivity index (χ1n) is 17.3. The molecule has 15 nitrogen and oxygen atoms in total. The standard InChI is InChI=1S/C30H43N5O3.C6H8O7/c1-21(2)11-15-34(16-12-22(3)4)30(38)23-7-9-26-27(17-23)35(20-25(36)19-33-13-5-6-14-33)29(32-26)24-8-10-28(37)31-18-24;7-3(8)1-6(13,5(11)12)2-4(9)10/h7-10,17-18,21-22,25,36H,5-6,11-16,19-20H2,1-4H3,(H,31,37);13H,1-2H2,(H,7,8)(H,9,10)(H,11,12). The van der Waals surface area contributed by atoms with Gasteiger partial charge in [0.2, 0.25) is 5.56 Å². The lowest BCUT2D eigenvalue weighted by atomic mass is 9.96. The summed E-state index contributed by atoms with van der Waals surface area (Å²) in [4.78, 5) is 67.7. The van der Waals surface area contributed by atoms with Gasteiger partial charge in [-0.3, -0.25) is 19.2 Å². The van der Waals surface area contributed by atoms with E-state index in [9.17, 15) is 29.1 Å². The number of fused-ring (bicyclic) bond motifs is 1. The number of β-amino-alcohol motifs (C(OH)–C–C–N with tert-alkyl or cyclic N) is 1. The lowest BCUT2D eigenvalue weighted by Gasteiger charge is -2.25. The van der Waals surface area contributed by atoms with Crippen molar-refractivity contribution in [1.82, 2.24) is 24.3 Å². The zero-order chi connectivity index (χ0) is 37.9. The van der Waals surface area contributed by atoms with Gasteiger partial charge in [0.15, 0.2) is 5.60 Å². The Kier molecular flexibility index (Phi) is 14.9. The molecule has 2 aromatic heterocycles. The molecule has 3 aromatic rings. The molecule has 6 N–H and O–H groups in total. The highest BCUT2D eigenvalue weighted by molar-refractivity contribution is 5.98. The SMILES string of the molecule is CC(C)CCN(CCC(C)C)C(=O)c1ccc2nc(-c3ccc(=O)[nH]c3)n(CC(O)CN3CCCC3)c2c1.O=C(O)CC(O)(CC(=O)O)C(=O)O.